The molecule has 0 bridgehead atoms. The minimum Gasteiger partial charge on any atom is -0.369 e. The maximum atomic E-state index is 4.75. The monoisotopic (exact) mass is 399 g/mol. The van der Waals surface area contributed by atoms with Crippen molar-refractivity contribution in [3.8, 4) is 11.4 Å². The smallest absolute Gasteiger partial charge is 0.165 e. The predicted octanol–water partition coefficient (Wildman–Crippen LogP) is 3.91. The average Bonchev–Trinajstić information content (AvgIpc) is 2.90. The minimum atomic E-state index is 0.363. The molecule has 2 aromatic rings. The summed E-state index contributed by atoms with van der Waals surface area (Å²) in [5.74, 6) is 2.02. The highest BCUT2D eigenvalue weighted by molar-refractivity contribution is 14.1. The van der Waals surface area contributed by atoms with E-state index in [1.807, 2.05) is 17.1 Å². The number of halogens is 1. The summed E-state index contributed by atoms with van der Waals surface area (Å²) in [5.41, 5.74) is 2.06. The summed E-state index contributed by atoms with van der Waals surface area (Å²) in [6.07, 6.45) is 4.93. The molecule has 0 spiro atoms. The van der Waals surface area contributed by atoms with Crippen LogP contribution in [0.25, 0.3) is 11.4 Å². The zero-order valence-electron chi connectivity index (χ0n) is 13.0. The van der Waals surface area contributed by atoms with Gasteiger partial charge in [0, 0.05) is 19.3 Å². The number of aryl methyl sites for hydroxylation is 1. The van der Waals surface area contributed by atoms with Gasteiger partial charge < -0.3 is 5.32 Å². The van der Waals surface area contributed by atoms with Crippen LogP contribution < -0.4 is 5.32 Å². The molecule has 114 valence electrons. The van der Waals surface area contributed by atoms with Gasteiger partial charge in [-0.1, -0.05) is 20.8 Å². The Kier molecular flexibility index (Phi) is 5.55. The zero-order valence-corrected chi connectivity index (χ0v) is 15.2. The van der Waals surface area contributed by atoms with Crippen LogP contribution >= 0.6 is 22.6 Å². The Morgan fingerprint density at radius 3 is 2.67 bits per heavy atom. The lowest BCUT2D eigenvalue weighted by molar-refractivity contribution is 0.603. The van der Waals surface area contributed by atoms with Crippen molar-refractivity contribution in [2.24, 2.45) is 0 Å². The van der Waals surface area contributed by atoms with E-state index in [4.69, 9.17) is 4.98 Å². The van der Waals surface area contributed by atoms with Crippen LogP contribution in [0.1, 0.15) is 45.7 Å². The van der Waals surface area contributed by atoms with Gasteiger partial charge in [-0.15, -0.1) is 0 Å². The molecule has 2 rings (SSSR count). The minimum absolute atomic E-state index is 0.363. The predicted molar refractivity (Wildman–Crippen MR) is 94.5 cm³/mol. The van der Waals surface area contributed by atoms with Crippen LogP contribution in [0.15, 0.2) is 12.4 Å². The summed E-state index contributed by atoms with van der Waals surface area (Å²) in [7, 11) is 0. The fourth-order valence-corrected chi connectivity index (χ4v) is 3.15. The van der Waals surface area contributed by atoms with Crippen molar-refractivity contribution < 1.29 is 0 Å². The Morgan fingerprint density at radius 1 is 1.29 bits per heavy atom. The number of rotatable bonds is 6. The van der Waals surface area contributed by atoms with Crippen molar-refractivity contribution in [2.75, 3.05) is 11.9 Å². The molecule has 0 atom stereocenters. The van der Waals surface area contributed by atoms with Gasteiger partial charge in [0.05, 0.1) is 21.0 Å². The third-order valence-electron chi connectivity index (χ3n) is 3.11. The average molecular weight is 399 g/mol. The summed E-state index contributed by atoms with van der Waals surface area (Å²) >= 11 is 2.33. The Bertz CT molecular complexity index is 606. The van der Waals surface area contributed by atoms with Crippen LogP contribution in [0.5, 0.6) is 0 Å². The normalized spacial score (nSPS) is 11.1. The second kappa shape index (κ2) is 7.20. The molecule has 6 heteroatoms. The van der Waals surface area contributed by atoms with E-state index in [2.05, 4.69) is 65.7 Å². The quantitative estimate of drug-likeness (QED) is 0.749. The molecule has 0 aliphatic heterocycles. The van der Waals surface area contributed by atoms with Crippen molar-refractivity contribution in [1.29, 1.82) is 0 Å². The van der Waals surface area contributed by atoms with Crippen molar-refractivity contribution >= 4 is 28.4 Å². The second-order valence-corrected chi connectivity index (χ2v) is 6.35. The van der Waals surface area contributed by atoms with E-state index in [-0.39, 0.29) is 0 Å². The van der Waals surface area contributed by atoms with Gasteiger partial charge in [-0.3, -0.25) is 4.68 Å². The lowest BCUT2D eigenvalue weighted by atomic mass is 10.1. The molecule has 0 saturated heterocycles. The third kappa shape index (κ3) is 3.72. The molecule has 0 aromatic carbocycles. The molecule has 21 heavy (non-hydrogen) atoms. The first-order chi connectivity index (χ1) is 10.1. The summed E-state index contributed by atoms with van der Waals surface area (Å²) in [5, 5.41) is 7.70. The van der Waals surface area contributed by atoms with Crippen molar-refractivity contribution in [1.82, 2.24) is 19.7 Å². The highest BCUT2D eigenvalue weighted by Gasteiger charge is 2.16. The molecule has 0 unspecified atom stereocenters. The Morgan fingerprint density at radius 2 is 2.05 bits per heavy atom. The van der Waals surface area contributed by atoms with E-state index in [1.165, 1.54) is 0 Å². The molecule has 0 radical (unpaired) electrons. The van der Waals surface area contributed by atoms with Gasteiger partial charge in [0.2, 0.25) is 0 Å². The first kappa shape index (κ1) is 16.2. The SMILES string of the molecule is CCCn1cc(-c2nc(NCC)c(I)c(C(C)C)n2)cn1. The lowest BCUT2D eigenvalue weighted by Crippen LogP contribution is -2.08. The largest absolute Gasteiger partial charge is 0.369 e. The standard InChI is InChI=1S/C15H22IN5/c1-5-7-21-9-11(8-18-21)14-19-13(10(3)4)12(16)15(20-14)17-6-2/h8-10H,5-7H2,1-4H3,(H,17,19,20). The van der Waals surface area contributed by atoms with Crippen LogP contribution in [-0.4, -0.2) is 26.3 Å². The maximum absolute atomic E-state index is 4.75. The number of hydrogen-bond donors (Lipinski definition) is 1. The summed E-state index contributed by atoms with van der Waals surface area (Å²) in [6.45, 7) is 10.3. The summed E-state index contributed by atoms with van der Waals surface area (Å²) in [6, 6.07) is 0. The topological polar surface area (TPSA) is 55.6 Å². The van der Waals surface area contributed by atoms with Gasteiger partial charge in [-0.05, 0) is 41.9 Å². The van der Waals surface area contributed by atoms with Crippen molar-refractivity contribution in [3.05, 3.63) is 21.7 Å². The third-order valence-corrected chi connectivity index (χ3v) is 4.18. The van der Waals surface area contributed by atoms with Gasteiger partial charge in [-0.2, -0.15) is 5.10 Å². The van der Waals surface area contributed by atoms with Gasteiger partial charge in [0.25, 0.3) is 0 Å². The van der Waals surface area contributed by atoms with Crippen LogP contribution in [0.2, 0.25) is 0 Å². The fraction of sp³-hybridized carbons (Fsp3) is 0.533. The van der Waals surface area contributed by atoms with Gasteiger partial charge >= 0.3 is 0 Å². The highest BCUT2D eigenvalue weighted by Crippen LogP contribution is 2.28. The van der Waals surface area contributed by atoms with Crippen LogP contribution in [0.4, 0.5) is 5.82 Å². The number of nitrogens with one attached hydrogen (secondary N) is 1. The van der Waals surface area contributed by atoms with E-state index in [0.29, 0.717) is 5.92 Å². The number of hydrogen-bond acceptors (Lipinski definition) is 4. The Balaban J connectivity index is 2.46. The van der Waals surface area contributed by atoms with E-state index in [9.17, 15) is 0 Å². The van der Waals surface area contributed by atoms with Gasteiger partial charge in [-0.25, -0.2) is 9.97 Å². The van der Waals surface area contributed by atoms with E-state index >= 15 is 0 Å². The molecule has 5 nitrogen and oxygen atoms in total. The first-order valence-corrected chi connectivity index (χ1v) is 8.48. The van der Waals surface area contributed by atoms with Crippen LogP contribution in [-0.2, 0) is 6.54 Å². The lowest BCUT2D eigenvalue weighted by Gasteiger charge is -2.13. The fourth-order valence-electron chi connectivity index (χ4n) is 2.09. The molecule has 0 fully saturated rings. The first-order valence-electron chi connectivity index (χ1n) is 7.40. The second-order valence-electron chi connectivity index (χ2n) is 5.27. The van der Waals surface area contributed by atoms with Gasteiger partial charge in [0.15, 0.2) is 5.82 Å². The highest BCUT2D eigenvalue weighted by atomic mass is 127. The molecule has 0 saturated carbocycles. The maximum Gasteiger partial charge on any atom is 0.165 e. The van der Waals surface area contributed by atoms with E-state index in [0.717, 1.165) is 46.0 Å². The molecule has 0 aliphatic carbocycles. The molecule has 2 heterocycles. The summed E-state index contributed by atoms with van der Waals surface area (Å²) < 4.78 is 3.05. The van der Waals surface area contributed by atoms with Crippen LogP contribution in [0.3, 0.4) is 0 Å². The molecule has 0 amide bonds. The Hall–Kier alpha value is -1.18. The molecule has 0 aliphatic rings. The number of aromatic nitrogens is 4. The van der Waals surface area contributed by atoms with Gasteiger partial charge in [0.1, 0.15) is 5.82 Å². The van der Waals surface area contributed by atoms with Crippen molar-refractivity contribution in [3.63, 3.8) is 0 Å². The number of anilines is 1. The molecular weight excluding hydrogens is 377 g/mol. The molecular formula is C15H22IN5. The summed E-state index contributed by atoms with van der Waals surface area (Å²) in [4.78, 5) is 9.41. The van der Waals surface area contributed by atoms with Crippen molar-refractivity contribution in [2.45, 2.75) is 46.6 Å². The number of nitrogens with zero attached hydrogens (tertiary/aromatic N) is 4. The molecule has 2 aromatic heterocycles. The van der Waals surface area contributed by atoms with Crippen LogP contribution in [0, 0.1) is 3.57 Å². The zero-order chi connectivity index (χ0) is 15.4. The van der Waals surface area contributed by atoms with E-state index in [1.54, 1.807) is 0 Å². The molecule has 1 N–H and O–H groups in total. The Labute approximate surface area is 139 Å². The van der Waals surface area contributed by atoms with E-state index < -0.39 is 0 Å².